The van der Waals surface area contributed by atoms with Crippen molar-refractivity contribution >= 4 is 11.6 Å². The summed E-state index contributed by atoms with van der Waals surface area (Å²) < 4.78 is 7.36. The Hall–Kier alpha value is -0.620. The van der Waals surface area contributed by atoms with Gasteiger partial charge in [-0.15, -0.1) is 0 Å². The fourth-order valence-electron chi connectivity index (χ4n) is 2.51. The maximum atomic E-state index is 6.34. The zero-order chi connectivity index (χ0) is 14.7. The van der Waals surface area contributed by atoms with Crippen LogP contribution in [-0.4, -0.2) is 53.1 Å². The van der Waals surface area contributed by atoms with E-state index >= 15 is 0 Å². The Morgan fingerprint density at radius 3 is 2.85 bits per heavy atom. The Labute approximate surface area is 126 Å². The molecule has 2 heterocycles. The van der Waals surface area contributed by atoms with E-state index in [1.807, 2.05) is 14.0 Å². The molecule has 1 aliphatic heterocycles. The average Bonchev–Trinajstić information content (AvgIpc) is 2.64. The minimum atomic E-state index is 0.391. The van der Waals surface area contributed by atoms with E-state index in [1.54, 1.807) is 4.68 Å². The summed E-state index contributed by atoms with van der Waals surface area (Å²) in [6.07, 6.45) is 0. The van der Waals surface area contributed by atoms with Crippen molar-refractivity contribution < 1.29 is 4.74 Å². The maximum Gasteiger partial charge on any atom is 0.131 e. The molecule has 1 N–H and O–H groups in total. The van der Waals surface area contributed by atoms with Gasteiger partial charge in [0.25, 0.3) is 0 Å². The summed E-state index contributed by atoms with van der Waals surface area (Å²) in [5, 5.41) is 8.62. The first-order valence-electron chi connectivity index (χ1n) is 7.22. The van der Waals surface area contributed by atoms with Gasteiger partial charge in [-0.1, -0.05) is 25.4 Å². The molecular weight excluding hydrogens is 276 g/mol. The molecule has 0 spiro atoms. The topological polar surface area (TPSA) is 42.3 Å². The second-order valence-electron chi connectivity index (χ2n) is 5.74. The molecule has 1 aromatic heterocycles. The van der Waals surface area contributed by atoms with Gasteiger partial charge in [-0.25, -0.2) is 0 Å². The van der Waals surface area contributed by atoms with Gasteiger partial charge >= 0.3 is 0 Å². The van der Waals surface area contributed by atoms with E-state index in [2.05, 4.69) is 29.2 Å². The Kier molecular flexibility index (Phi) is 5.43. The Morgan fingerprint density at radius 1 is 1.50 bits per heavy atom. The molecule has 1 atom stereocenters. The summed E-state index contributed by atoms with van der Waals surface area (Å²) in [5.41, 5.74) is 2.14. The molecule has 0 saturated carbocycles. The van der Waals surface area contributed by atoms with Crippen molar-refractivity contribution in [3.63, 3.8) is 0 Å². The highest BCUT2D eigenvalue weighted by atomic mass is 35.5. The van der Waals surface area contributed by atoms with Crippen molar-refractivity contribution in [1.82, 2.24) is 20.0 Å². The van der Waals surface area contributed by atoms with E-state index in [-0.39, 0.29) is 0 Å². The molecule has 2 rings (SSSR count). The highest BCUT2D eigenvalue weighted by molar-refractivity contribution is 6.30. The van der Waals surface area contributed by atoms with Gasteiger partial charge in [-0.2, -0.15) is 5.10 Å². The third-order valence-electron chi connectivity index (χ3n) is 3.74. The SMILES string of the molecule is Cc1nn(C)c(Cl)c1CN1CCOCC1CNC(C)C. The summed E-state index contributed by atoms with van der Waals surface area (Å²) in [6.45, 7) is 10.6. The quantitative estimate of drug-likeness (QED) is 0.896. The van der Waals surface area contributed by atoms with Gasteiger partial charge in [-0.05, 0) is 6.92 Å². The lowest BCUT2D eigenvalue weighted by atomic mass is 10.1. The molecule has 0 aliphatic carbocycles. The summed E-state index contributed by atoms with van der Waals surface area (Å²) in [6, 6.07) is 0.879. The number of hydrogen-bond donors (Lipinski definition) is 1. The molecular formula is C14H25ClN4O. The molecule has 0 amide bonds. The zero-order valence-corrected chi connectivity index (χ0v) is 13.6. The lowest BCUT2D eigenvalue weighted by molar-refractivity contribution is -0.0115. The number of aryl methyl sites for hydroxylation is 2. The molecule has 6 heteroatoms. The van der Waals surface area contributed by atoms with E-state index in [4.69, 9.17) is 16.3 Å². The normalized spacial score (nSPS) is 20.8. The standard InChI is InChI=1S/C14H25ClN4O/c1-10(2)16-7-12-9-20-6-5-19(12)8-13-11(3)17-18(4)14(13)15/h10,12,16H,5-9H2,1-4H3. The average molecular weight is 301 g/mol. The first kappa shape index (κ1) is 15.8. The van der Waals surface area contributed by atoms with Crippen LogP contribution < -0.4 is 5.32 Å². The highest BCUT2D eigenvalue weighted by Crippen LogP contribution is 2.22. The van der Waals surface area contributed by atoms with Crippen LogP contribution >= 0.6 is 11.6 Å². The van der Waals surface area contributed by atoms with Crippen LogP contribution in [0.25, 0.3) is 0 Å². The van der Waals surface area contributed by atoms with Crippen LogP contribution in [0, 0.1) is 6.92 Å². The lowest BCUT2D eigenvalue weighted by Crippen LogP contribution is -2.50. The van der Waals surface area contributed by atoms with E-state index < -0.39 is 0 Å². The number of hydrogen-bond acceptors (Lipinski definition) is 4. The summed E-state index contributed by atoms with van der Waals surface area (Å²) in [7, 11) is 1.88. The van der Waals surface area contributed by atoms with Crippen LogP contribution in [-0.2, 0) is 18.3 Å². The molecule has 1 fully saturated rings. The van der Waals surface area contributed by atoms with Gasteiger partial charge in [-0.3, -0.25) is 9.58 Å². The summed E-state index contributed by atoms with van der Waals surface area (Å²) in [5.74, 6) is 0. The smallest absolute Gasteiger partial charge is 0.131 e. The Bertz CT molecular complexity index is 447. The largest absolute Gasteiger partial charge is 0.378 e. The fourth-order valence-corrected chi connectivity index (χ4v) is 2.75. The van der Waals surface area contributed by atoms with Crippen molar-refractivity contribution in [1.29, 1.82) is 0 Å². The van der Waals surface area contributed by atoms with Crippen LogP contribution in [0.3, 0.4) is 0 Å². The molecule has 1 aliphatic rings. The van der Waals surface area contributed by atoms with Gasteiger partial charge in [0.05, 0.1) is 18.9 Å². The first-order chi connectivity index (χ1) is 9.49. The minimum absolute atomic E-state index is 0.391. The van der Waals surface area contributed by atoms with Crippen molar-refractivity contribution in [2.75, 3.05) is 26.3 Å². The van der Waals surface area contributed by atoms with Crippen LogP contribution in [0.1, 0.15) is 25.1 Å². The molecule has 0 aromatic carbocycles. The molecule has 5 nitrogen and oxygen atoms in total. The van der Waals surface area contributed by atoms with Crippen LogP contribution in [0.2, 0.25) is 5.15 Å². The van der Waals surface area contributed by atoms with E-state index in [9.17, 15) is 0 Å². The number of rotatable bonds is 5. The second-order valence-corrected chi connectivity index (χ2v) is 6.10. The number of halogens is 1. The molecule has 0 radical (unpaired) electrons. The summed E-state index contributed by atoms with van der Waals surface area (Å²) in [4.78, 5) is 2.44. The van der Waals surface area contributed by atoms with Gasteiger partial charge in [0.2, 0.25) is 0 Å². The van der Waals surface area contributed by atoms with Crippen molar-refractivity contribution in [2.24, 2.45) is 7.05 Å². The van der Waals surface area contributed by atoms with Crippen LogP contribution in [0.4, 0.5) is 0 Å². The van der Waals surface area contributed by atoms with Crippen LogP contribution in [0.15, 0.2) is 0 Å². The molecule has 0 bridgehead atoms. The molecule has 1 saturated heterocycles. The highest BCUT2D eigenvalue weighted by Gasteiger charge is 2.25. The second kappa shape index (κ2) is 6.89. The Balaban J connectivity index is 2.04. The number of nitrogens with one attached hydrogen (secondary N) is 1. The third-order valence-corrected chi connectivity index (χ3v) is 4.22. The molecule has 114 valence electrons. The zero-order valence-electron chi connectivity index (χ0n) is 12.8. The third kappa shape index (κ3) is 3.73. The van der Waals surface area contributed by atoms with E-state index in [0.717, 1.165) is 49.3 Å². The van der Waals surface area contributed by atoms with Gasteiger partial charge in [0, 0.05) is 44.3 Å². The monoisotopic (exact) mass is 300 g/mol. The number of ether oxygens (including phenoxy) is 1. The predicted octanol–water partition coefficient (Wildman–Crippen LogP) is 1.58. The minimum Gasteiger partial charge on any atom is -0.378 e. The lowest BCUT2D eigenvalue weighted by Gasteiger charge is -2.36. The van der Waals surface area contributed by atoms with E-state index in [1.165, 1.54) is 0 Å². The number of morpholine rings is 1. The van der Waals surface area contributed by atoms with Gasteiger partial charge < -0.3 is 10.1 Å². The predicted molar refractivity (Wildman–Crippen MR) is 81.1 cm³/mol. The van der Waals surface area contributed by atoms with Gasteiger partial charge in [0.15, 0.2) is 0 Å². The van der Waals surface area contributed by atoms with Crippen molar-refractivity contribution in [3.05, 3.63) is 16.4 Å². The number of aromatic nitrogens is 2. The Morgan fingerprint density at radius 2 is 2.25 bits per heavy atom. The summed E-state index contributed by atoms with van der Waals surface area (Å²) >= 11 is 6.34. The molecule has 20 heavy (non-hydrogen) atoms. The molecule has 1 aromatic rings. The number of nitrogens with zero attached hydrogens (tertiary/aromatic N) is 3. The fraction of sp³-hybridized carbons (Fsp3) is 0.786. The maximum absolute atomic E-state index is 6.34. The van der Waals surface area contributed by atoms with Crippen molar-refractivity contribution in [2.45, 2.75) is 39.4 Å². The van der Waals surface area contributed by atoms with E-state index in [0.29, 0.717) is 12.1 Å². The van der Waals surface area contributed by atoms with Gasteiger partial charge in [0.1, 0.15) is 5.15 Å². The van der Waals surface area contributed by atoms with Crippen molar-refractivity contribution in [3.8, 4) is 0 Å². The first-order valence-corrected chi connectivity index (χ1v) is 7.60. The van der Waals surface area contributed by atoms with Crippen LogP contribution in [0.5, 0.6) is 0 Å². The molecule has 1 unspecified atom stereocenters.